The Labute approximate surface area is 154 Å². The van der Waals surface area contributed by atoms with E-state index in [-0.39, 0.29) is 17.2 Å². The molecule has 0 fully saturated rings. The van der Waals surface area contributed by atoms with Crippen molar-refractivity contribution in [2.75, 3.05) is 0 Å². The maximum absolute atomic E-state index is 12.1. The van der Waals surface area contributed by atoms with Gasteiger partial charge in [0.1, 0.15) is 5.58 Å². The first kappa shape index (κ1) is 16.7. The number of hydrogen-bond donors (Lipinski definition) is 0. The minimum absolute atomic E-state index is 0.0641. The van der Waals surface area contributed by atoms with Crippen molar-refractivity contribution >= 4 is 22.5 Å². The summed E-state index contributed by atoms with van der Waals surface area (Å²) in [6, 6.07) is 24.5. The molecule has 0 N–H and O–H groups in total. The third-order valence-corrected chi connectivity index (χ3v) is 4.36. The summed E-state index contributed by atoms with van der Waals surface area (Å²) in [5.41, 5.74) is 2.36. The van der Waals surface area contributed by atoms with Crippen molar-refractivity contribution in [2.24, 2.45) is 0 Å². The standard InChI is InChI=1S/C14H8O2.C9H6O2/c15-13-9-5-1-2-6-10(9)14(16)12-8-4-3-7-11(12)13;10-9-6-5-7-3-1-2-4-8(7)11-9/h1-8H;1-6H. The molecule has 0 atom stereocenters. The number of ketones is 2. The van der Waals surface area contributed by atoms with Crippen LogP contribution in [-0.2, 0) is 0 Å². The molecule has 4 nitrogen and oxygen atoms in total. The number of carbonyl (C=O) groups excluding carboxylic acids is 2. The number of para-hydroxylation sites is 1. The van der Waals surface area contributed by atoms with Crippen LogP contribution < -0.4 is 5.63 Å². The lowest BCUT2D eigenvalue weighted by atomic mass is 9.84. The number of hydrogen-bond acceptors (Lipinski definition) is 4. The molecule has 5 rings (SSSR count). The fraction of sp³-hybridized carbons (Fsp3) is 0. The number of rotatable bonds is 0. The molecule has 0 spiro atoms. The molecular weight excluding hydrogens is 340 g/mol. The number of fused-ring (bicyclic) bond motifs is 3. The molecule has 0 radical (unpaired) electrons. The molecule has 1 aromatic heterocycles. The van der Waals surface area contributed by atoms with Gasteiger partial charge in [0, 0.05) is 33.7 Å². The van der Waals surface area contributed by atoms with Gasteiger partial charge in [0.05, 0.1) is 0 Å². The quantitative estimate of drug-likeness (QED) is 0.390. The van der Waals surface area contributed by atoms with Gasteiger partial charge in [-0.2, -0.15) is 0 Å². The monoisotopic (exact) mass is 354 g/mol. The second kappa shape index (κ2) is 6.84. The van der Waals surface area contributed by atoms with E-state index in [0.29, 0.717) is 27.8 Å². The summed E-state index contributed by atoms with van der Waals surface area (Å²) in [4.78, 5) is 34.9. The molecule has 0 unspecified atom stereocenters. The van der Waals surface area contributed by atoms with Crippen molar-refractivity contribution in [2.45, 2.75) is 0 Å². The van der Waals surface area contributed by atoms with Crippen LogP contribution in [-0.4, -0.2) is 11.6 Å². The second-order valence-corrected chi connectivity index (χ2v) is 6.04. The summed E-state index contributed by atoms with van der Waals surface area (Å²) in [6.45, 7) is 0. The molecule has 4 heteroatoms. The molecule has 130 valence electrons. The largest absolute Gasteiger partial charge is 0.423 e. The Balaban J connectivity index is 0.000000143. The highest BCUT2D eigenvalue weighted by atomic mass is 16.4. The lowest BCUT2D eigenvalue weighted by Gasteiger charge is -2.16. The van der Waals surface area contributed by atoms with Crippen molar-refractivity contribution in [3.05, 3.63) is 118 Å². The highest BCUT2D eigenvalue weighted by molar-refractivity contribution is 6.28. The molecule has 1 heterocycles. The minimum Gasteiger partial charge on any atom is -0.423 e. The van der Waals surface area contributed by atoms with Crippen LogP contribution in [0.1, 0.15) is 31.8 Å². The lowest BCUT2D eigenvalue weighted by molar-refractivity contribution is 0.0979. The SMILES string of the molecule is O=C1c2ccccc2C(=O)c2ccccc21.O=c1ccc2ccccc2o1. The highest BCUT2D eigenvalue weighted by Gasteiger charge is 2.28. The van der Waals surface area contributed by atoms with Gasteiger partial charge in [0.2, 0.25) is 0 Å². The lowest BCUT2D eigenvalue weighted by Crippen LogP contribution is -2.20. The van der Waals surface area contributed by atoms with Gasteiger partial charge in [-0.25, -0.2) is 4.79 Å². The zero-order chi connectivity index (χ0) is 18.8. The maximum atomic E-state index is 12.1. The van der Waals surface area contributed by atoms with E-state index >= 15 is 0 Å². The molecule has 0 saturated heterocycles. The topological polar surface area (TPSA) is 64.3 Å². The zero-order valence-electron chi connectivity index (χ0n) is 14.2. The van der Waals surface area contributed by atoms with Crippen molar-refractivity contribution < 1.29 is 14.0 Å². The molecule has 1 aliphatic carbocycles. The molecule has 0 saturated carbocycles. The van der Waals surface area contributed by atoms with Crippen LogP contribution in [0.3, 0.4) is 0 Å². The van der Waals surface area contributed by atoms with Gasteiger partial charge in [-0.1, -0.05) is 66.7 Å². The second-order valence-electron chi connectivity index (χ2n) is 6.04. The van der Waals surface area contributed by atoms with E-state index in [2.05, 4.69) is 0 Å². The van der Waals surface area contributed by atoms with Gasteiger partial charge >= 0.3 is 5.63 Å². The summed E-state index contributed by atoms with van der Waals surface area (Å²) in [5.74, 6) is -0.128. The molecule has 4 aromatic rings. The molecule has 27 heavy (non-hydrogen) atoms. The summed E-state index contributed by atoms with van der Waals surface area (Å²) in [6.07, 6.45) is 0. The summed E-state index contributed by atoms with van der Waals surface area (Å²) >= 11 is 0. The summed E-state index contributed by atoms with van der Waals surface area (Å²) < 4.78 is 4.91. The Morgan fingerprint density at radius 3 is 1.44 bits per heavy atom. The Hall–Kier alpha value is -3.79. The van der Waals surface area contributed by atoms with Crippen LogP contribution in [0.5, 0.6) is 0 Å². The number of benzene rings is 3. The predicted molar refractivity (Wildman–Crippen MR) is 102 cm³/mol. The van der Waals surface area contributed by atoms with Crippen LogP contribution >= 0.6 is 0 Å². The smallest absolute Gasteiger partial charge is 0.336 e. The van der Waals surface area contributed by atoms with Gasteiger partial charge < -0.3 is 4.42 Å². The van der Waals surface area contributed by atoms with E-state index in [4.69, 9.17) is 4.42 Å². The van der Waals surface area contributed by atoms with Crippen LogP contribution in [0, 0.1) is 0 Å². The van der Waals surface area contributed by atoms with E-state index in [0.717, 1.165) is 5.39 Å². The van der Waals surface area contributed by atoms with Crippen molar-refractivity contribution in [1.29, 1.82) is 0 Å². The van der Waals surface area contributed by atoms with E-state index in [1.807, 2.05) is 18.2 Å². The molecule has 0 aliphatic heterocycles. The predicted octanol–water partition coefficient (Wildman–Crippen LogP) is 4.26. The number of carbonyl (C=O) groups is 2. The summed E-state index contributed by atoms with van der Waals surface area (Å²) in [7, 11) is 0. The van der Waals surface area contributed by atoms with Gasteiger partial charge in [0.15, 0.2) is 11.6 Å². The van der Waals surface area contributed by atoms with E-state index in [9.17, 15) is 14.4 Å². The average Bonchev–Trinajstić information content (AvgIpc) is 2.72. The van der Waals surface area contributed by atoms with E-state index in [1.54, 1.807) is 60.7 Å². The Bertz CT molecular complexity index is 1130. The normalized spacial score (nSPS) is 12.0. The van der Waals surface area contributed by atoms with Gasteiger partial charge in [-0.15, -0.1) is 0 Å². The first-order chi connectivity index (χ1) is 13.1. The van der Waals surface area contributed by atoms with Crippen LogP contribution in [0.2, 0.25) is 0 Å². The molecule has 1 aliphatic rings. The Kier molecular flexibility index (Phi) is 4.22. The maximum Gasteiger partial charge on any atom is 0.336 e. The van der Waals surface area contributed by atoms with Gasteiger partial charge in [-0.3, -0.25) is 9.59 Å². The first-order valence-corrected chi connectivity index (χ1v) is 8.41. The molecule has 0 amide bonds. The first-order valence-electron chi connectivity index (χ1n) is 8.41. The molecule has 0 bridgehead atoms. The van der Waals surface area contributed by atoms with E-state index in [1.165, 1.54) is 6.07 Å². The highest BCUT2D eigenvalue weighted by Crippen LogP contribution is 2.26. The Morgan fingerprint density at radius 2 is 0.926 bits per heavy atom. The van der Waals surface area contributed by atoms with Crippen molar-refractivity contribution in [1.82, 2.24) is 0 Å². The van der Waals surface area contributed by atoms with Gasteiger partial charge in [0.25, 0.3) is 0 Å². The van der Waals surface area contributed by atoms with Crippen molar-refractivity contribution in [3.63, 3.8) is 0 Å². The third-order valence-electron chi connectivity index (χ3n) is 4.36. The third kappa shape index (κ3) is 3.09. The fourth-order valence-corrected chi connectivity index (χ4v) is 3.06. The molecule has 3 aromatic carbocycles. The fourth-order valence-electron chi connectivity index (χ4n) is 3.06. The molecular formula is C23H14O4. The van der Waals surface area contributed by atoms with Gasteiger partial charge in [-0.05, 0) is 12.1 Å². The van der Waals surface area contributed by atoms with Crippen LogP contribution in [0.4, 0.5) is 0 Å². The Morgan fingerprint density at radius 1 is 0.481 bits per heavy atom. The van der Waals surface area contributed by atoms with Crippen LogP contribution in [0.25, 0.3) is 11.0 Å². The average molecular weight is 354 g/mol. The van der Waals surface area contributed by atoms with E-state index < -0.39 is 0 Å². The zero-order valence-corrected chi connectivity index (χ0v) is 14.2. The van der Waals surface area contributed by atoms with Crippen molar-refractivity contribution in [3.8, 4) is 0 Å². The van der Waals surface area contributed by atoms with Crippen LogP contribution in [0.15, 0.2) is 94.1 Å². The minimum atomic E-state index is -0.302. The summed E-state index contributed by atoms with van der Waals surface area (Å²) in [5, 5.41) is 0.951.